The van der Waals surface area contributed by atoms with Crippen LogP contribution in [0.4, 0.5) is 4.79 Å². The Bertz CT molecular complexity index is 1840. The first-order chi connectivity index (χ1) is 26.9. The first-order valence-electron chi connectivity index (χ1n) is 17.9. The van der Waals surface area contributed by atoms with Crippen LogP contribution in [-0.4, -0.2) is 94.0 Å². The van der Waals surface area contributed by atoms with Crippen LogP contribution in [0.2, 0.25) is 0 Å². The predicted molar refractivity (Wildman–Crippen MR) is 193 cm³/mol. The Kier molecular flexibility index (Phi) is 17.2. The average Bonchev–Trinajstić information content (AvgIpc) is 3.65. The van der Waals surface area contributed by atoms with E-state index in [1.165, 1.54) is 6.07 Å². The van der Waals surface area contributed by atoms with Crippen LogP contribution in [0, 0.1) is 5.92 Å². The van der Waals surface area contributed by atoms with E-state index in [-0.39, 0.29) is 68.3 Å². The predicted octanol–water partition coefficient (Wildman–Crippen LogP) is 5.57. The van der Waals surface area contributed by atoms with Crippen molar-refractivity contribution < 1.29 is 59.1 Å². The van der Waals surface area contributed by atoms with Gasteiger partial charge in [-0.05, 0) is 64.8 Å². The second-order valence-electron chi connectivity index (χ2n) is 12.8. The summed E-state index contributed by atoms with van der Waals surface area (Å²) in [6, 6.07) is 20.5. The Hall–Kier alpha value is -5.38. The molecule has 0 aliphatic rings. The lowest BCUT2D eigenvalue weighted by Gasteiger charge is -2.33. The van der Waals surface area contributed by atoms with Gasteiger partial charge in [-0.15, -0.1) is 15.0 Å². The number of benzene rings is 3. The van der Waals surface area contributed by atoms with Gasteiger partial charge in [0.25, 0.3) is 0 Å². The summed E-state index contributed by atoms with van der Waals surface area (Å²) in [5, 5.41) is 46.4. The van der Waals surface area contributed by atoms with Crippen molar-refractivity contribution >= 4 is 18.0 Å². The number of carbonyl (C=O) groups is 3. The molecule has 0 unspecified atom stereocenters. The van der Waals surface area contributed by atoms with E-state index in [1.54, 1.807) is 23.1 Å². The molecule has 19 nitrogen and oxygen atoms in total. The largest absolute Gasteiger partial charge is 0.510 e. The highest BCUT2D eigenvalue weighted by molar-refractivity contribution is 5.86. The Morgan fingerprint density at radius 3 is 2.21 bits per heavy atom. The van der Waals surface area contributed by atoms with Crippen LogP contribution < -0.4 is 4.74 Å². The van der Waals surface area contributed by atoms with Crippen LogP contribution in [0.15, 0.2) is 72.8 Å². The fourth-order valence-electron chi connectivity index (χ4n) is 5.56. The van der Waals surface area contributed by atoms with Gasteiger partial charge in [0, 0.05) is 18.5 Å². The Balaban J connectivity index is 1.44. The minimum absolute atomic E-state index is 0.0219. The van der Waals surface area contributed by atoms with Crippen LogP contribution in [0.25, 0.3) is 22.5 Å². The highest BCUT2D eigenvalue weighted by atomic mass is 17.1. The van der Waals surface area contributed by atoms with E-state index >= 15 is 0 Å². The van der Waals surface area contributed by atoms with Gasteiger partial charge < -0.3 is 19.1 Å². The lowest BCUT2D eigenvalue weighted by molar-refractivity contribution is -0.497. The second kappa shape index (κ2) is 22.2. The smallest absolute Gasteiger partial charge is 0.434 e. The molecule has 302 valence electrons. The quantitative estimate of drug-likeness (QED) is 0.0330. The molecule has 4 aromatic rings. The second-order valence-corrected chi connectivity index (χ2v) is 12.8. The van der Waals surface area contributed by atoms with Crippen molar-refractivity contribution in [3.8, 4) is 28.3 Å². The summed E-state index contributed by atoms with van der Waals surface area (Å²) in [5.74, 6) is -0.576. The van der Waals surface area contributed by atoms with Gasteiger partial charge in [-0.3, -0.25) is 30.5 Å². The molecule has 3 aromatic carbocycles. The first-order valence-corrected chi connectivity index (χ1v) is 17.9. The topological polar surface area (TPSA) is 232 Å². The third kappa shape index (κ3) is 13.7. The van der Waals surface area contributed by atoms with E-state index in [4.69, 9.17) is 35.0 Å². The Morgan fingerprint density at radius 2 is 1.52 bits per heavy atom. The van der Waals surface area contributed by atoms with E-state index in [0.29, 0.717) is 30.4 Å². The maximum absolute atomic E-state index is 13.7. The summed E-state index contributed by atoms with van der Waals surface area (Å²) in [6.07, 6.45) is 1.59. The van der Waals surface area contributed by atoms with Gasteiger partial charge in [-0.25, -0.2) is 14.4 Å². The first kappa shape index (κ1) is 43.3. The standard InChI is InChI=1S/C37H47N7O12/c1-4-5-15-33(45)41(34(26(2)3)36(46)56-30-12-10-11-28(22-30)24-55-44(50)51)23-27-16-18-29(19-17-27)31-13-6-7-14-32(31)35-38-40-42(39-35)25-53-37(47)52-20-8-9-21-54-43(48)49/h6-7,10-14,16-19,22,26,34,48-51H,4-5,8-9,15,20-21,23-25H2,1-3H3/t34-/m0/s1. The third-order valence-corrected chi connectivity index (χ3v) is 8.24. The number of amides is 1. The van der Waals surface area contributed by atoms with Crippen LogP contribution in [0.1, 0.15) is 64.0 Å². The molecule has 0 spiro atoms. The summed E-state index contributed by atoms with van der Waals surface area (Å²) < 4.78 is 15.8. The number of carbonyl (C=O) groups excluding carboxylic acids is 3. The van der Waals surface area contributed by atoms with Gasteiger partial charge in [0.2, 0.25) is 18.5 Å². The number of ether oxygens (including phenoxy) is 3. The summed E-state index contributed by atoms with van der Waals surface area (Å²) in [4.78, 5) is 51.1. The van der Waals surface area contributed by atoms with E-state index in [1.807, 2.05) is 69.3 Å². The zero-order valence-corrected chi connectivity index (χ0v) is 31.3. The molecule has 0 saturated carbocycles. The molecule has 0 radical (unpaired) electrons. The molecule has 0 aliphatic carbocycles. The summed E-state index contributed by atoms with van der Waals surface area (Å²) >= 11 is 0. The molecule has 4 rings (SSSR count). The Labute approximate surface area is 322 Å². The molecule has 0 fully saturated rings. The van der Waals surface area contributed by atoms with E-state index < -0.39 is 23.6 Å². The molecular weight excluding hydrogens is 734 g/mol. The Morgan fingerprint density at radius 1 is 0.804 bits per heavy atom. The number of hydrogen-bond acceptors (Lipinski definition) is 17. The highest BCUT2D eigenvalue weighted by Crippen LogP contribution is 2.30. The zero-order valence-electron chi connectivity index (χ0n) is 31.3. The van der Waals surface area contributed by atoms with Gasteiger partial charge in [0.1, 0.15) is 11.8 Å². The molecule has 1 aromatic heterocycles. The van der Waals surface area contributed by atoms with Crippen LogP contribution in [0.3, 0.4) is 0 Å². The molecule has 0 bridgehead atoms. The summed E-state index contributed by atoms with van der Waals surface area (Å²) in [7, 11) is 0. The van der Waals surface area contributed by atoms with Gasteiger partial charge in [0.15, 0.2) is 0 Å². The third-order valence-electron chi connectivity index (χ3n) is 8.24. The molecule has 0 aliphatic heterocycles. The minimum atomic E-state index is -0.935. The van der Waals surface area contributed by atoms with Crippen molar-refractivity contribution in [1.29, 1.82) is 0 Å². The summed E-state index contributed by atoms with van der Waals surface area (Å²) in [6.45, 7) is 5.37. The molecule has 56 heavy (non-hydrogen) atoms. The summed E-state index contributed by atoms with van der Waals surface area (Å²) in [5.41, 5.74) is 3.60. The SMILES string of the molecule is CCCCC(=O)N(Cc1ccc(-c2ccccc2-c2nnn(COC(=O)OCCCCON(O)O)n2)cc1)[C@H](C(=O)Oc1cccc(CON(O)O)c1)C(C)C. The van der Waals surface area contributed by atoms with Gasteiger partial charge in [0.05, 0.1) is 30.6 Å². The molecule has 19 heteroatoms. The number of rotatable bonds is 22. The van der Waals surface area contributed by atoms with E-state index in [2.05, 4.69) is 25.1 Å². The molecule has 0 saturated heterocycles. The zero-order chi connectivity index (χ0) is 40.5. The normalized spacial score (nSPS) is 11.9. The molecule has 1 atom stereocenters. The number of esters is 1. The van der Waals surface area contributed by atoms with Crippen molar-refractivity contribution in [2.24, 2.45) is 5.92 Å². The van der Waals surface area contributed by atoms with Crippen molar-refractivity contribution in [2.45, 2.75) is 78.8 Å². The van der Waals surface area contributed by atoms with Gasteiger partial charge in [-0.2, -0.15) is 0 Å². The lowest BCUT2D eigenvalue weighted by atomic mass is 9.97. The maximum Gasteiger partial charge on any atom is 0.510 e. The van der Waals surface area contributed by atoms with Crippen molar-refractivity contribution in [3.05, 3.63) is 83.9 Å². The molecular formula is C37H47N7O12. The number of nitrogens with zero attached hydrogens (tertiary/aromatic N) is 7. The van der Waals surface area contributed by atoms with Crippen molar-refractivity contribution in [2.75, 3.05) is 13.2 Å². The van der Waals surface area contributed by atoms with Crippen LogP contribution in [-0.2, 0) is 48.6 Å². The maximum atomic E-state index is 13.7. The number of unbranched alkanes of at least 4 members (excludes halogenated alkanes) is 2. The van der Waals surface area contributed by atoms with Gasteiger partial charge in [-0.1, -0.05) is 87.9 Å². The number of aromatic nitrogens is 4. The van der Waals surface area contributed by atoms with Crippen LogP contribution >= 0.6 is 0 Å². The fourth-order valence-corrected chi connectivity index (χ4v) is 5.56. The van der Waals surface area contributed by atoms with E-state index in [0.717, 1.165) is 27.9 Å². The van der Waals surface area contributed by atoms with Crippen molar-refractivity contribution in [3.63, 3.8) is 0 Å². The van der Waals surface area contributed by atoms with Crippen LogP contribution in [0.5, 0.6) is 5.75 Å². The van der Waals surface area contributed by atoms with E-state index in [9.17, 15) is 14.4 Å². The fraction of sp³-hybridized carbons (Fsp3) is 0.405. The average molecular weight is 782 g/mol. The van der Waals surface area contributed by atoms with Crippen molar-refractivity contribution in [1.82, 2.24) is 35.9 Å². The monoisotopic (exact) mass is 781 g/mol. The molecule has 1 heterocycles. The molecule has 4 N–H and O–H groups in total. The minimum Gasteiger partial charge on any atom is -0.434 e. The number of hydrogen-bond donors (Lipinski definition) is 4. The van der Waals surface area contributed by atoms with Gasteiger partial charge >= 0.3 is 12.1 Å². The molecule has 1 amide bonds. The number of tetrazole rings is 1. The lowest BCUT2D eigenvalue weighted by Crippen LogP contribution is -2.49. The highest BCUT2D eigenvalue weighted by Gasteiger charge is 2.34.